The molecule has 2 aromatic rings. The van der Waals surface area contributed by atoms with E-state index in [0.717, 1.165) is 23.9 Å². The smallest absolute Gasteiger partial charge is 0.336 e. The van der Waals surface area contributed by atoms with Crippen molar-refractivity contribution in [1.29, 1.82) is 0 Å². The average molecular weight is 792 g/mol. The van der Waals surface area contributed by atoms with Crippen molar-refractivity contribution in [2.24, 2.45) is 5.41 Å². The molecule has 0 radical (unpaired) electrons. The van der Waals surface area contributed by atoms with E-state index < -0.39 is 11.9 Å². The number of aliphatic carboxylic acids is 1. The molecule has 0 saturated heterocycles. The minimum atomic E-state index is -0.877. The van der Waals surface area contributed by atoms with Gasteiger partial charge in [-0.25, -0.2) is 4.79 Å². The fraction of sp³-hybridized carbons (Fsp3) is 0.314. The van der Waals surface area contributed by atoms with Gasteiger partial charge in [-0.15, -0.1) is 0 Å². The summed E-state index contributed by atoms with van der Waals surface area (Å²) in [4.78, 5) is 23.7. The van der Waals surface area contributed by atoms with Gasteiger partial charge in [-0.1, -0.05) is 61.4 Å². The number of allylic oxidation sites excluding steroid dienone is 9. The Bertz CT molecular complexity index is 1480. The van der Waals surface area contributed by atoms with Gasteiger partial charge in [0, 0.05) is 6.08 Å². The molecule has 2 aromatic carbocycles. The molecule has 0 aromatic heterocycles. The maximum Gasteiger partial charge on any atom is 0.336 e. The Morgan fingerprint density at radius 1 is 1.02 bits per heavy atom. The Labute approximate surface area is 276 Å². The monoisotopic (exact) mass is 792 g/mol. The number of halogens is 2. The summed E-state index contributed by atoms with van der Waals surface area (Å²) in [5, 5.41) is 9.01. The zero-order valence-electron chi connectivity index (χ0n) is 25.0. The quantitative estimate of drug-likeness (QED) is 0.0853. The van der Waals surface area contributed by atoms with Gasteiger partial charge in [-0.05, 0) is 144 Å². The van der Waals surface area contributed by atoms with Crippen molar-refractivity contribution >= 4 is 57.1 Å². The highest BCUT2D eigenvalue weighted by atomic mass is 127. The molecule has 0 heterocycles. The van der Waals surface area contributed by atoms with Crippen molar-refractivity contribution in [3.8, 4) is 17.2 Å². The molecule has 1 aliphatic carbocycles. The van der Waals surface area contributed by atoms with Crippen LogP contribution in [0.15, 0.2) is 89.1 Å². The number of rotatable bonds is 10. The predicted molar refractivity (Wildman–Crippen MR) is 186 cm³/mol. The van der Waals surface area contributed by atoms with Crippen LogP contribution < -0.4 is 9.47 Å². The Morgan fingerprint density at radius 2 is 1.76 bits per heavy atom. The fourth-order valence-electron chi connectivity index (χ4n) is 4.92. The first-order valence-electron chi connectivity index (χ1n) is 13.9. The van der Waals surface area contributed by atoms with Crippen LogP contribution in [0, 0.1) is 19.5 Å². The standard InChI is InChI=1S/C35H38I2O5/c1-22(12-14-28-24(3)11-8-16-35(28,5)6)9-7-10-23(2)17-33(40)42-34-25(4)18-27(21-30(34)37)41-31-15-13-26(19-29(31)36)20-32(38)39/h7,9-10,12-15,17-19,21H,8,11,16,20H2,1-6H3,(H,38,39)/b10-7+,14-12+,22-9+,23-17+. The van der Waals surface area contributed by atoms with Crippen LogP contribution in [0.5, 0.6) is 17.2 Å². The summed E-state index contributed by atoms with van der Waals surface area (Å²) < 4.78 is 13.3. The maximum atomic E-state index is 12.7. The van der Waals surface area contributed by atoms with Gasteiger partial charge in [0.1, 0.15) is 17.2 Å². The lowest BCUT2D eigenvalue weighted by Gasteiger charge is -2.32. The number of carboxylic acids is 1. The van der Waals surface area contributed by atoms with Crippen LogP contribution in [0.2, 0.25) is 0 Å². The van der Waals surface area contributed by atoms with Crippen LogP contribution >= 0.6 is 45.2 Å². The summed E-state index contributed by atoms with van der Waals surface area (Å²) in [5.74, 6) is 0.393. The third kappa shape index (κ3) is 9.97. The van der Waals surface area contributed by atoms with E-state index in [1.165, 1.54) is 36.5 Å². The maximum absolute atomic E-state index is 12.7. The zero-order valence-corrected chi connectivity index (χ0v) is 29.3. The molecule has 0 unspecified atom stereocenters. The number of hydrogen-bond donors (Lipinski definition) is 1. The summed E-state index contributed by atoms with van der Waals surface area (Å²) >= 11 is 4.26. The molecule has 0 spiro atoms. The number of hydrogen-bond acceptors (Lipinski definition) is 4. The Kier molecular flexibility index (Phi) is 12.2. The summed E-state index contributed by atoms with van der Waals surface area (Å²) in [6.07, 6.45) is 15.4. The molecular formula is C35H38I2O5. The molecule has 0 aliphatic heterocycles. The summed E-state index contributed by atoms with van der Waals surface area (Å²) in [5.41, 5.74) is 6.54. The second-order valence-electron chi connectivity index (χ2n) is 11.3. The van der Waals surface area contributed by atoms with Crippen LogP contribution in [-0.4, -0.2) is 17.0 Å². The molecule has 0 saturated carbocycles. The van der Waals surface area contributed by atoms with Crippen molar-refractivity contribution in [2.45, 2.75) is 67.2 Å². The Morgan fingerprint density at radius 3 is 2.40 bits per heavy atom. The van der Waals surface area contributed by atoms with E-state index in [1.54, 1.807) is 24.3 Å². The number of esters is 1. The minimum Gasteiger partial charge on any atom is -0.481 e. The van der Waals surface area contributed by atoms with Crippen LogP contribution in [0.3, 0.4) is 0 Å². The lowest BCUT2D eigenvalue weighted by molar-refractivity contribution is -0.136. The van der Waals surface area contributed by atoms with Gasteiger partial charge in [-0.3, -0.25) is 4.79 Å². The molecule has 7 heteroatoms. The first-order chi connectivity index (χ1) is 19.7. The van der Waals surface area contributed by atoms with Crippen LogP contribution in [0.25, 0.3) is 0 Å². The SMILES string of the molecule is CC1=C(/C=C/C(C)=C/C=C/C(C)=C/C(=O)Oc2c(C)cc(Oc3ccc(CC(=O)O)cc3I)cc2I)C(C)(C)CCC1. The first-order valence-corrected chi connectivity index (χ1v) is 16.0. The molecule has 0 amide bonds. The van der Waals surface area contributed by atoms with E-state index in [0.29, 0.717) is 22.8 Å². The minimum absolute atomic E-state index is 0.0400. The van der Waals surface area contributed by atoms with Gasteiger partial charge in [-0.2, -0.15) is 0 Å². The van der Waals surface area contributed by atoms with Gasteiger partial charge in [0.2, 0.25) is 0 Å². The van der Waals surface area contributed by atoms with Gasteiger partial charge >= 0.3 is 11.9 Å². The van der Waals surface area contributed by atoms with Gasteiger partial charge < -0.3 is 14.6 Å². The predicted octanol–water partition coefficient (Wildman–Crippen LogP) is 10.1. The van der Waals surface area contributed by atoms with E-state index in [2.05, 4.69) is 85.0 Å². The first kappa shape index (κ1) is 33.8. The highest BCUT2D eigenvalue weighted by Crippen LogP contribution is 2.41. The number of aryl methyl sites for hydroxylation is 1. The van der Waals surface area contributed by atoms with Crippen molar-refractivity contribution in [2.75, 3.05) is 0 Å². The third-order valence-corrected chi connectivity index (χ3v) is 8.75. The van der Waals surface area contributed by atoms with Crippen molar-refractivity contribution in [1.82, 2.24) is 0 Å². The number of carboxylic acid groups (broad SMARTS) is 1. The molecule has 1 N–H and O–H groups in total. The van der Waals surface area contributed by atoms with E-state index in [4.69, 9.17) is 14.6 Å². The normalized spacial score (nSPS) is 15.9. The number of carbonyl (C=O) groups excluding carboxylic acids is 1. The molecule has 0 bridgehead atoms. The average Bonchev–Trinajstić information content (AvgIpc) is 2.87. The fourth-order valence-corrected chi connectivity index (χ4v) is 6.45. The second kappa shape index (κ2) is 15.2. The second-order valence-corrected chi connectivity index (χ2v) is 13.7. The van der Waals surface area contributed by atoms with Gasteiger partial charge in [0.15, 0.2) is 0 Å². The number of carbonyl (C=O) groups is 2. The van der Waals surface area contributed by atoms with Crippen molar-refractivity contribution < 1.29 is 24.2 Å². The molecule has 222 valence electrons. The topological polar surface area (TPSA) is 72.8 Å². The molecule has 5 nitrogen and oxygen atoms in total. The Balaban J connectivity index is 1.63. The van der Waals surface area contributed by atoms with Crippen LogP contribution in [-0.2, 0) is 16.0 Å². The summed E-state index contributed by atoms with van der Waals surface area (Å²) in [6, 6.07) is 8.93. The lowest BCUT2D eigenvalue weighted by atomic mass is 9.72. The lowest BCUT2D eigenvalue weighted by Crippen LogP contribution is -2.19. The number of benzene rings is 2. The van der Waals surface area contributed by atoms with Gasteiger partial charge in [0.05, 0.1) is 13.6 Å². The zero-order chi connectivity index (χ0) is 31.0. The molecule has 3 rings (SSSR count). The van der Waals surface area contributed by atoms with Crippen LogP contribution in [0.4, 0.5) is 0 Å². The molecule has 42 heavy (non-hydrogen) atoms. The van der Waals surface area contributed by atoms with Crippen molar-refractivity contribution in [3.63, 3.8) is 0 Å². The molecule has 1 aliphatic rings. The number of ether oxygens (including phenoxy) is 2. The highest BCUT2D eigenvalue weighted by molar-refractivity contribution is 14.1. The van der Waals surface area contributed by atoms with Crippen LogP contribution in [0.1, 0.15) is 65.0 Å². The molecule has 0 atom stereocenters. The molecular weight excluding hydrogens is 754 g/mol. The van der Waals surface area contributed by atoms with Crippen molar-refractivity contribution in [3.05, 3.63) is 107 Å². The van der Waals surface area contributed by atoms with E-state index in [1.807, 2.05) is 38.1 Å². The summed E-state index contributed by atoms with van der Waals surface area (Å²) in [6.45, 7) is 12.7. The van der Waals surface area contributed by atoms with Gasteiger partial charge in [0.25, 0.3) is 0 Å². The molecule has 0 fully saturated rings. The van der Waals surface area contributed by atoms with E-state index >= 15 is 0 Å². The largest absolute Gasteiger partial charge is 0.481 e. The summed E-state index contributed by atoms with van der Waals surface area (Å²) in [7, 11) is 0. The van der Waals surface area contributed by atoms with E-state index in [9.17, 15) is 9.59 Å². The highest BCUT2D eigenvalue weighted by Gasteiger charge is 2.26. The third-order valence-electron chi connectivity index (χ3n) is 7.10. The van der Waals surface area contributed by atoms with E-state index in [-0.39, 0.29) is 11.8 Å². The Hall–Kier alpha value is -2.66.